The zero-order chi connectivity index (χ0) is 40.5. The molecule has 0 saturated carbocycles. The fourth-order valence-corrected chi connectivity index (χ4v) is 8.73. The van der Waals surface area contributed by atoms with Gasteiger partial charge in [0.05, 0.1) is 39.6 Å². The highest BCUT2D eigenvalue weighted by Crippen LogP contribution is 2.43. The van der Waals surface area contributed by atoms with Crippen molar-refractivity contribution in [3.8, 4) is 0 Å². The van der Waals surface area contributed by atoms with Crippen molar-refractivity contribution in [3.05, 3.63) is 79.9 Å². The minimum atomic E-state index is -0.504. The van der Waals surface area contributed by atoms with Gasteiger partial charge in [0, 0.05) is 0 Å². The van der Waals surface area contributed by atoms with Crippen LogP contribution in [0.25, 0.3) is 43.1 Å². The minimum absolute atomic E-state index is 0.309. The van der Waals surface area contributed by atoms with E-state index in [0.29, 0.717) is 37.2 Å². The highest BCUT2D eigenvalue weighted by Gasteiger charge is 2.30. The fourth-order valence-electron chi connectivity index (χ4n) is 8.73. The molecule has 302 valence electrons. The van der Waals surface area contributed by atoms with Crippen molar-refractivity contribution in [2.75, 3.05) is 28.4 Å². The van der Waals surface area contributed by atoms with E-state index in [1.165, 1.54) is 58.0 Å². The van der Waals surface area contributed by atoms with Gasteiger partial charge in [-0.15, -0.1) is 0 Å². The van der Waals surface area contributed by atoms with Crippen molar-refractivity contribution in [2.24, 2.45) is 0 Å². The van der Waals surface area contributed by atoms with Gasteiger partial charge >= 0.3 is 11.9 Å². The van der Waals surface area contributed by atoms with E-state index in [0.717, 1.165) is 108 Å². The molecule has 0 fully saturated rings. The average Bonchev–Trinajstić information content (AvgIpc) is 3.22. The summed E-state index contributed by atoms with van der Waals surface area (Å²) in [6.07, 6.45) is 10.8. The number of aryl methyl sites for hydroxylation is 6. The van der Waals surface area contributed by atoms with Crippen LogP contribution >= 0.6 is 0 Å². The van der Waals surface area contributed by atoms with Gasteiger partial charge in [-0.1, -0.05) is 53.4 Å². The predicted molar refractivity (Wildman–Crippen MR) is 227 cm³/mol. The van der Waals surface area contributed by atoms with Crippen LogP contribution in [0.2, 0.25) is 0 Å². The van der Waals surface area contributed by atoms with Gasteiger partial charge in [0.25, 0.3) is 0 Å². The topological polar surface area (TPSA) is 89.5 Å². The lowest BCUT2D eigenvalue weighted by atomic mass is 9.81. The number of carbonyl (C=O) groups excluding carboxylic acids is 2. The molecule has 0 radical (unpaired) electrons. The van der Waals surface area contributed by atoms with Crippen molar-refractivity contribution in [3.63, 3.8) is 0 Å². The number of esters is 2. The number of benzene rings is 5. The van der Waals surface area contributed by atoms with E-state index >= 15 is 0 Å². The van der Waals surface area contributed by atoms with Gasteiger partial charge in [-0.25, -0.2) is 29.1 Å². The van der Waals surface area contributed by atoms with E-state index in [1.807, 2.05) is 0 Å². The number of hydrogen-bond acceptors (Lipinski definition) is 8. The zero-order valence-corrected chi connectivity index (χ0v) is 35.5. The molecule has 5 aromatic rings. The number of fused-ring (bicyclic) bond motifs is 4. The van der Waals surface area contributed by atoms with Crippen LogP contribution in [0.3, 0.4) is 0 Å². The quantitative estimate of drug-likeness (QED) is 0.0335. The second-order valence-corrected chi connectivity index (χ2v) is 15.0. The molecule has 0 aliphatic rings. The van der Waals surface area contributed by atoms with Crippen molar-refractivity contribution in [1.29, 1.82) is 0 Å². The molecule has 0 spiro atoms. The molecular weight excluding hydrogens is 705 g/mol. The summed E-state index contributed by atoms with van der Waals surface area (Å²) in [6, 6.07) is 9.36. The molecule has 0 aliphatic carbocycles. The number of methoxy groups -OCH3 is 2. The lowest BCUT2D eigenvalue weighted by Crippen LogP contribution is -2.18. The van der Waals surface area contributed by atoms with Crippen LogP contribution in [0.15, 0.2) is 24.3 Å². The first-order chi connectivity index (χ1) is 27.2. The summed E-state index contributed by atoms with van der Waals surface area (Å²) in [4.78, 5) is 49.1. The average molecular weight is 767 g/mol. The second-order valence-electron chi connectivity index (χ2n) is 15.0. The molecule has 0 amide bonds. The summed E-state index contributed by atoms with van der Waals surface area (Å²) in [5, 5.41) is 9.13. The maximum Gasteiger partial charge on any atom is 0.339 e. The first-order valence-electron chi connectivity index (χ1n) is 20.6. The number of ether oxygens (including phenoxy) is 2. The van der Waals surface area contributed by atoms with Crippen molar-refractivity contribution < 1.29 is 38.6 Å². The van der Waals surface area contributed by atoms with Gasteiger partial charge in [-0.3, -0.25) is 0 Å². The standard InChI is InChI=1S/C48H62O8/c1-11-15-19-31-39-23-35-29(5)37-25-41-33(21-17-13-3)45(47(49)51-7)46(48(50)52-8)34(22-18-14-4)42(41)26-38(37)30(6)36(35)24-40(39)32(20-16-12-2)44(28-56-54-10)43(31)27-55-53-9/h23-26H,11-22,27-28H2,1-10H3. The SMILES string of the molecule is CCCCc1c(COOC)c(COOC)c(CCCC)c2cc3c(C)c4cc5c(CCCC)c(C(=O)OC)c(C(=O)OC)c(CCCC)c5cc4c(C)c3cc12. The Bertz CT molecular complexity index is 2060. The number of hydrogen-bond donors (Lipinski definition) is 0. The molecule has 8 nitrogen and oxygen atoms in total. The van der Waals surface area contributed by atoms with Gasteiger partial charge in [-0.05, 0) is 177 Å². The van der Waals surface area contributed by atoms with Gasteiger partial charge in [-0.2, -0.15) is 0 Å². The predicted octanol–water partition coefficient (Wildman–Crippen LogP) is 12.0. The summed E-state index contributed by atoms with van der Waals surface area (Å²) in [7, 11) is 5.87. The lowest BCUT2D eigenvalue weighted by molar-refractivity contribution is -0.287. The van der Waals surface area contributed by atoms with Gasteiger partial charge < -0.3 is 9.47 Å². The third kappa shape index (κ3) is 8.31. The Morgan fingerprint density at radius 2 is 0.714 bits per heavy atom. The van der Waals surface area contributed by atoms with Crippen LogP contribution in [-0.2, 0) is 67.9 Å². The van der Waals surface area contributed by atoms with Gasteiger partial charge in [0.1, 0.15) is 13.2 Å². The van der Waals surface area contributed by atoms with Crippen molar-refractivity contribution >= 4 is 55.0 Å². The van der Waals surface area contributed by atoms with E-state index in [4.69, 9.17) is 29.0 Å². The Kier molecular flexibility index (Phi) is 15.3. The van der Waals surface area contributed by atoms with Crippen LogP contribution in [0.4, 0.5) is 0 Å². The van der Waals surface area contributed by atoms with Crippen molar-refractivity contribution in [2.45, 2.75) is 132 Å². The molecular formula is C48H62O8. The largest absolute Gasteiger partial charge is 0.465 e. The summed E-state index contributed by atoms with van der Waals surface area (Å²) in [5.74, 6) is -1.01. The zero-order valence-electron chi connectivity index (χ0n) is 35.5. The summed E-state index contributed by atoms with van der Waals surface area (Å²) in [6.45, 7) is 13.8. The maximum atomic E-state index is 13.7. The number of rotatable bonds is 20. The Hall–Kier alpha value is -4.08. The monoisotopic (exact) mass is 766 g/mol. The first kappa shape index (κ1) is 43.1. The Balaban J connectivity index is 2.01. The molecule has 0 aliphatic heterocycles. The van der Waals surface area contributed by atoms with Gasteiger partial charge in [0.15, 0.2) is 0 Å². The number of unbranched alkanes of at least 4 members (excludes halogenated alkanes) is 4. The summed E-state index contributed by atoms with van der Waals surface area (Å²) >= 11 is 0. The van der Waals surface area contributed by atoms with Crippen LogP contribution in [0.5, 0.6) is 0 Å². The molecule has 0 N–H and O–H groups in total. The van der Waals surface area contributed by atoms with E-state index in [-0.39, 0.29) is 0 Å². The van der Waals surface area contributed by atoms with Crippen molar-refractivity contribution in [1.82, 2.24) is 0 Å². The second kappa shape index (κ2) is 19.9. The molecule has 0 aromatic heterocycles. The molecule has 0 bridgehead atoms. The molecule has 0 atom stereocenters. The first-order valence-corrected chi connectivity index (χ1v) is 20.6. The lowest BCUT2D eigenvalue weighted by Gasteiger charge is -2.24. The molecule has 5 rings (SSSR count). The van der Waals surface area contributed by atoms with Crippen LogP contribution < -0.4 is 0 Å². The molecule has 56 heavy (non-hydrogen) atoms. The number of carbonyl (C=O) groups is 2. The molecule has 0 saturated heterocycles. The highest BCUT2D eigenvalue weighted by atomic mass is 17.2. The molecule has 0 unspecified atom stereocenters. The Morgan fingerprint density at radius 1 is 0.429 bits per heavy atom. The van der Waals surface area contributed by atoms with E-state index < -0.39 is 11.9 Å². The summed E-state index contributed by atoms with van der Waals surface area (Å²) in [5.41, 5.74) is 9.45. The Labute approximate surface area is 333 Å². The van der Waals surface area contributed by atoms with E-state index in [9.17, 15) is 9.59 Å². The summed E-state index contributed by atoms with van der Waals surface area (Å²) < 4.78 is 10.8. The minimum Gasteiger partial charge on any atom is -0.465 e. The Morgan fingerprint density at radius 3 is 0.982 bits per heavy atom. The third-order valence-corrected chi connectivity index (χ3v) is 11.7. The van der Waals surface area contributed by atoms with Crippen LogP contribution in [0, 0.1) is 13.8 Å². The van der Waals surface area contributed by atoms with E-state index in [1.54, 1.807) is 14.2 Å². The maximum absolute atomic E-state index is 13.7. The molecule has 5 aromatic carbocycles. The molecule has 8 heteroatoms. The van der Waals surface area contributed by atoms with Crippen LogP contribution in [0.1, 0.15) is 144 Å². The fraction of sp³-hybridized carbons (Fsp3) is 0.500. The smallest absolute Gasteiger partial charge is 0.339 e. The van der Waals surface area contributed by atoms with E-state index in [2.05, 4.69) is 65.8 Å². The van der Waals surface area contributed by atoms with Crippen LogP contribution in [-0.4, -0.2) is 40.4 Å². The highest BCUT2D eigenvalue weighted by molar-refractivity contribution is 6.17. The normalized spacial score (nSPS) is 11.8. The molecule has 0 heterocycles. The third-order valence-electron chi connectivity index (χ3n) is 11.7. The van der Waals surface area contributed by atoms with Gasteiger partial charge in [0.2, 0.25) is 0 Å².